The van der Waals surface area contributed by atoms with E-state index >= 15 is 0 Å². The van der Waals surface area contributed by atoms with Gasteiger partial charge in [-0.25, -0.2) is 13.6 Å². The van der Waals surface area contributed by atoms with E-state index in [0.29, 0.717) is 18.7 Å². The molecule has 2 N–H and O–H groups in total. The van der Waals surface area contributed by atoms with Crippen LogP contribution in [0.25, 0.3) is 0 Å². The minimum Gasteiger partial charge on any atom is -0.225 e. The van der Waals surface area contributed by atoms with Gasteiger partial charge in [0.1, 0.15) is 0 Å². The number of hydrogen-bond donors (Lipinski definition) is 1. The lowest BCUT2D eigenvalue weighted by molar-refractivity contribution is 0.327. The van der Waals surface area contributed by atoms with Gasteiger partial charge in [0.2, 0.25) is 10.0 Å². The molecule has 1 aromatic rings. The van der Waals surface area contributed by atoms with E-state index in [4.69, 9.17) is 5.14 Å². The number of sulfonamides is 1. The Balaban J connectivity index is 3.06. The summed E-state index contributed by atoms with van der Waals surface area (Å²) in [6, 6.07) is 5.51. The molecule has 1 aromatic carbocycles. The molecule has 0 saturated carbocycles. The van der Waals surface area contributed by atoms with Crippen molar-refractivity contribution in [1.82, 2.24) is 8.61 Å². The zero-order valence-corrected chi connectivity index (χ0v) is 16.3. The first-order valence-electron chi connectivity index (χ1n) is 7.91. The summed E-state index contributed by atoms with van der Waals surface area (Å²) >= 11 is 0. The van der Waals surface area contributed by atoms with Gasteiger partial charge < -0.3 is 0 Å². The maximum atomic E-state index is 12.8. The second-order valence-corrected chi connectivity index (χ2v) is 9.26. The Morgan fingerprint density at radius 1 is 1.00 bits per heavy atom. The molecular formula is C15H27N3O4S2. The second-order valence-electron chi connectivity index (χ2n) is 5.71. The number of nitrogens with zero attached hydrogens (tertiary/aromatic N) is 2. The molecule has 24 heavy (non-hydrogen) atoms. The Bertz CT molecular complexity index is 724. The predicted molar refractivity (Wildman–Crippen MR) is 95.1 cm³/mol. The summed E-state index contributed by atoms with van der Waals surface area (Å²) in [7, 11) is -5.82. The molecule has 0 radical (unpaired) electrons. The third kappa shape index (κ3) is 5.00. The van der Waals surface area contributed by atoms with E-state index in [1.54, 1.807) is 19.1 Å². The third-order valence-electron chi connectivity index (χ3n) is 3.87. The molecule has 0 bridgehead atoms. The lowest BCUT2D eigenvalue weighted by atomic mass is 10.1. The van der Waals surface area contributed by atoms with E-state index < -0.39 is 26.3 Å². The molecule has 0 aliphatic heterocycles. The Labute approximate surface area is 145 Å². The Hall–Kier alpha value is -1.00. The smallest absolute Gasteiger partial charge is 0.225 e. The van der Waals surface area contributed by atoms with Gasteiger partial charge in [0, 0.05) is 26.2 Å². The summed E-state index contributed by atoms with van der Waals surface area (Å²) in [5.41, 5.74) is 0.696. The van der Waals surface area contributed by atoms with Crippen molar-refractivity contribution in [3.05, 3.63) is 29.8 Å². The molecule has 9 heteroatoms. The van der Waals surface area contributed by atoms with Crippen LogP contribution < -0.4 is 5.14 Å². The highest BCUT2D eigenvalue weighted by Crippen LogP contribution is 2.24. The first kappa shape index (κ1) is 21.0. The summed E-state index contributed by atoms with van der Waals surface area (Å²) < 4.78 is 51.0. The highest BCUT2D eigenvalue weighted by molar-refractivity contribution is 7.89. The number of nitrogens with two attached hydrogens (primary N) is 1. The molecule has 0 saturated heterocycles. The Morgan fingerprint density at radius 3 is 1.83 bits per heavy atom. The van der Waals surface area contributed by atoms with E-state index in [2.05, 4.69) is 0 Å². The van der Waals surface area contributed by atoms with Gasteiger partial charge in [0.15, 0.2) is 0 Å². The van der Waals surface area contributed by atoms with E-state index in [1.807, 2.05) is 13.8 Å². The third-order valence-corrected chi connectivity index (χ3v) is 6.86. The fourth-order valence-corrected chi connectivity index (χ4v) is 4.60. The van der Waals surface area contributed by atoms with Crippen LogP contribution in [-0.4, -0.2) is 45.6 Å². The number of hydrogen-bond acceptors (Lipinski definition) is 4. The normalized spacial score (nSPS) is 14.3. The molecule has 0 aliphatic rings. The second kappa shape index (κ2) is 8.39. The minimum atomic E-state index is -3.76. The van der Waals surface area contributed by atoms with E-state index in [1.165, 1.54) is 27.8 Å². The van der Waals surface area contributed by atoms with Crippen LogP contribution in [-0.2, 0) is 20.2 Å². The van der Waals surface area contributed by atoms with Crippen LogP contribution >= 0.6 is 0 Å². The zero-order valence-electron chi connectivity index (χ0n) is 14.6. The maximum Gasteiger partial charge on any atom is 0.282 e. The van der Waals surface area contributed by atoms with Crippen molar-refractivity contribution in [2.45, 2.75) is 44.6 Å². The molecule has 138 valence electrons. The summed E-state index contributed by atoms with van der Waals surface area (Å²) in [6.07, 6.45) is 1.48. The van der Waals surface area contributed by atoms with Crippen molar-refractivity contribution in [3.63, 3.8) is 0 Å². The molecule has 1 rings (SSSR count). The predicted octanol–water partition coefficient (Wildman–Crippen LogP) is 1.69. The fraction of sp³-hybridized carbons (Fsp3) is 0.600. The average Bonchev–Trinajstić information content (AvgIpc) is 2.52. The monoisotopic (exact) mass is 377 g/mol. The number of primary sulfonamides is 1. The molecule has 0 heterocycles. The molecule has 0 amide bonds. The van der Waals surface area contributed by atoms with Crippen molar-refractivity contribution in [1.29, 1.82) is 0 Å². The van der Waals surface area contributed by atoms with Gasteiger partial charge in [-0.1, -0.05) is 26.0 Å². The SMILES string of the molecule is CCCN(CCC)S(=O)(=O)N(C)[C@@H](C)c1ccc(S(N)(=O)=O)cc1. The van der Waals surface area contributed by atoms with Gasteiger partial charge in [-0.2, -0.15) is 17.0 Å². The minimum absolute atomic E-state index is 0.00236. The van der Waals surface area contributed by atoms with Crippen LogP contribution in [0.4, 0.5) is 0 Å². The van der Waals surface area contributed by atoms with E-state index in [9.17, 15) is 16.8 Å². The molecule has 1 atom stereocenters. The highest BCUT2D eigenvalue weighted by Gasteiger charge is 2.30. The van der Waals surface area contributed by atoms with Crippen LogP contribution in [0.3, 0.4) is 0 Å². The Kier molecular flexibility index (Phi) is 7.36. The molecular weight excluding hydrogens is 350 g/mol. The van der Waals surface area contributed by atoms with Crippen LogP contribution in [0.5, 0.6) is 0 Å². The summed E-state index contributed by atoms with van der Waals surface area (Å²) in [5.74, 6) is 0. The molecule has 7 nitrogen and oxygen atoms in total. The highest BCUT2D eigenvalue weighted by atomic mass is 32.2. The standard InChI is InChI=1S/C15H27N3O4S2/c1-5-11-18(12-6-2)24(21,22)17(4)13(3)14-7-9-15(10-8-14)23(16,19)20/h7-10,13H,5-6,11-12H2,1-4H3,(H2,16,19,20)/t13-/m0/s1. The maximum absolute atomic E-state index is 12.8. The van der Waals surface area contributed by atoms with Crippen LogP contribution in [0.15, 0.2) is 29.2 Å². The fourth-order valence-electron chi connectivity index (χ4n) is 2.37. The van der Waals surface area contributed by atoms with Crippen LogP contribution in [0.1, 0.15) is 45.2 Å². The van der Waals surface area contributed by atoms with Crippen LogP contribution in [0.2, 0.25) is 0 Å². The topological polar surface area (TPSA) is 101 Å². The van der Waals surface area contributed by atoms with Gasteiger partial charge in [-0.15, -0.1) is 0 Å². The number of benzene rings is 1. The van der Waals surface area contributed by atoms with Crippen molar-refractivity contribution in [2.24, 2.45) is 5.14 Å². The number of rotatable bonds is 9. The molecule has 0 aromatic heterocycles. The van der Waals surface area contributed by atoms with Gasteiger partial charge in [-0.05, 0) is 37.5 Å². The Morgan fingerprint density at radius 2 is 1.46 bits per heavy atom. The summed E-state index contributed by atoms with van der Waals surface area (Å²) in [4.78, 5) is 0.00236. The van der Waals surface area contributed by atoms with Crippen molar-refractivity contribution in [3.8, 4) is 0 Å². The largest absolute Gasteiger partial charge is 0.282 e. The van der Waals surface area contributed by atoms with E-state index in [0.717, 1.165) is 12.8 Å². The quantitative estimate of drug-likeness (QED) is 0.707. The molecule has 0 spiro atoms. The van der Waals surface area contributed by atoms with Crippen molar-refractivity contribution in [2.75, 3.05) is 20.1 Å². The lowest BCUT2D eigenvalue weighted by Crippen LogP contribution is -2.43. The summed E-state index contributed by atoms with van der Waals surface area (Å²) in [6.45, 7) is 6.58. The zero-order chi connectivity index (χ0) is 18.5. The molecule has 0 aliphatic carbocycles. The molecule has 0 unspecified atom stereocenters. The average molecular weight is 378 g/mol. The first-order valence-corrected chi connectivity index (χ1v) is 10.9. The first-order chi connectivity index (χ1) is 11.1. The van der Waals surface area contributed by atoms with Crippen molar-refractivity contribution >= 4 is 20.2 Å². The van der Waals surface area contributed by atoms with Gasteiger partial charge in [0.25, 0.3) is 10.2 Å². The van der Waals surface area contributed by atoms with Gasteiger partial charge in [0.05, 0.1) is 4.90 Å². The van der Waals surface area contributed by atoms with Crippen LogP contribution in [0, 0.1) is 0 Å². The van der Waals surface area contributed by atoms with Gasteiger partial charge >= 0.3 is 0 Å². The lowest BCUT2D eigenvalue weighted by Gasteiger charge is -2.31. The van der Waals surface area contributed by atoms with Crippen molar-refractivity contribution < 1.29 is 16.8 Å². The summed E-state index contributed by atoms with van der Waals surface area (Å²) in [5, 5.41) is 5.08. The molecule has 0 fully saturated rings. The van der Waals surface area contributed by atoms with E-state index in [-0.39, 0.29) is 4.90 Å². The van der Waals surface area contributed by atoms with Gasteiger partial charge in [-0.3, -0.25) is 0 Å².